The highest BCUT2D eigenvalue weighted by Crippen LogP contribution is 2.28. The van der Waals surface area contributed by atoms with Gasteiger partial charge in [0, 0.05) is 13.6 Å². The zero-order valence-corrected chi connectivity index (χ0v) is 10.7. The molecule has 0 bridgehead atoms. The van der Waals surface area contributed by atoms with Crippen molar-refractivity contribution in [3.05, 3.63) is 23.9 Å². The van der Waals surface area contributed by atoms with E-state index >= 15 is 0 Å². The number of anilines is 1. The first-order valence-electron chi connectivity index (χ1n) is 5.75. The number of hydrogen-bond acceptors (Lipinski definition) is 4. The van der Waals surface area contributed by atoms with Crippen LogP contribution in [0.15, 0.2) is 18.2 Å². The summed E-state index contributed by atoms with van der Waals surface area (Å²) in [5.41, 5.74) is -0.951. The van der Waals surface area contributed by atoms with Crippen LogP contribution in [0.3, 0.4) is 0 Å². The van der Waals surface area contributed by atoms with Crippen molar-refractivity contribution in [1.82, 2.24) is 4.98 Å². The van der Waals surface area contributed by atoms with Crippen LogP contribution in [0.2, 0.25) is 0 Å². The molecule has 0 amide bonds. The molecule has 1 aromatic rings. The minimum Gasteiger partial charge on any atom is -0.466 e. The van der Waals surface area contributed by atoms with Gasteiger partial charge in [0.05, 0.1) is 13.0 Å². The van der Waals surface area contributed by atoms with Crippen LogP contribution in [0.25, 0.3) is 0 Å². The summed E-state index contributed by atoms with van der Waals surface area (Å²) >= 11 is 0. The van der Waals surface area contributed by atoms with Gasteiger partial charge in [0.1, 0.15) is 11.5 Å². The van der Waals surface area contributed by atoms with Gasteiger partial charge in [-0.25, -0.2) is 4.98 Å². The lowest BCUT2D eigenvalue weighted by atomic mass is 10.3. The van der Waals surface area contributed by atoms with Crippen molar-refractivity contribution in [3.63, 3.8) is 0 Å². The van der Waals surface area contributed by atoms with Crippen LogP contribution in [0.5, 0.6) is 0 Å². The highest BCUT2D eigenvalue weighted by atomic mass is 19.4. The molecule has 1 rings (SSSR count). The number of carbonyl (C=O) groups excluding carboxylic acids is 1. The van der Waals surface area contributed by atoms with Crippen LogP contribution in [-0.2, 0) is 15.7 Å². The minimum absolute atomic E-state index is 0.0995. The Morgan fingerprint density at radius 2 is 2.11 bits per heavy atom. The quantitative estimate of drug-likeness (QED) is 0.775. The molecule has 19 heavy (non-hydrogen) atoms. The second-order valence-corrected chi connectivity index (χ2v) is 3.86. The van der Waals surface area contributed by atoms with Gasteiger partial charge < -0.3 is 9.64 Å². The average molecular weight is 276 g/mol. The zero-order valence-electron chi connectivity index (χ0n) is 10.7. The topological polar surface area (TPSA) is 42.4 Å². The van der Waals surface area contributed by atoms with E-state index in [2.05, 4.69) is 4.98 Å². The van der Waals surface area contributed by atoms with E-state index < -0.39 is 11.9 Å². The Bertz CT molecular complexity index is 435. The second-order valence-electron chi connectivity index (χ2n) is 3.86. The highest BCUT2D eigenvalue weighted by molar-refractivity contribution is 5.70. The summed E-state index contributed by atoms with van der Waals surface area (Å²) in [4.78, 5) is 16.2. The first-order chi connectivity index (χ1) is 8.84. The Morgan fingerprint density at radius 3 is 2.68 bits per heavy atom. The zero-order chi connectivity index (χ0) is 14.5. The lowest BCUT2D eigenvalue weighted by molar-refractivity contribution is -0.143. The molecule has 0 atom stereocenters. The lowest BCUT2D eigenvalue weighted by Gasteiger charge is -2.18. The number of alkyl halides is 3. The van der Waals surface area contributed by atoms with Crippen LogP contribution in [0.4, 0.5) is 19.0 Å². The molecule has 106 valence electrons. The van der Waals surface area contributed by atoms with Crippen molar-refractivity contribution in [1.29, 1.82) is 0 Å². The molecule has 4 nitrogen and oxygen atoms in total. The van der Waals surface area contributed by atoms with E-state index in [4.69, 9.17) is 4.74 Å². The van der Waals surface area contributed by atoms with E-state index in [1.54, 1.807) is 14.0 Å². The number of aromatic nitrogens is 1. The van der Waals surface area contributed by atoms with Gasteiger partial charge in [-0.1, -0.05) is 6.07 Å². The molecule has 0 aromatic carbocycles. The van der Waals surface area contributed by atoms with Crippen LogP contribution in [0, 0.1) is 0 Å². The molecule has 1 heterocycles. The molecule has 0 N–H and O–H groups in total. The minimum atomic E-state index is -4.47. The van der Waals surface area contributed by atoms with Crippen molar-refractivity contribution in [2.75, 3.05) is 25.1 Å². The summed E-state index contributed by atoms with van der Waals surface area (Å²) < 4.78 is 42.2. The molecule has 7 heteroatoms. The van der Waals surface area contributed by atoms with E-state index in [1.807, 2.05) is 0 Å². The molecule has 0 aliphatic carbocycles. The third-order valence-corrected chi connectivity index (χ3v) is 2.37. The summed E-state index contributed by atoms with van der Waals surface area (Å²) in [5.74, 6) is -0.222. The fraction of sp³-hybridized carbons (Fsp3) is 0.500. The molecule has 0 spiro atoms. The van der Waals surface area contributed by atoms with Gasteiger partial charge in [0.15, 0.2) is 0 Å². The largest absolute Gasteiger partial charge is 0.466 e. The fourth-order valence-electron chi connectivity index (χ4n) is 1.40. The van der Waals surface area contributed by atoms with E-state index in [1.165, 1.54) is 17.0 Å². The highest BCUT2D eigenvalue weighted by Gasteiger charge is 2.32. The van der Waals surface area contributed by atoms with Gasteiger partial charge in [-0.15, -0.1) is 0 Å². The predicted octanol–water partition coefficient (Wildman–Crippen LogP) is 2.49. The number of esters is 1. The predicted molar refractivity (Wildman–Crippen MR) is 63.8 cm³/mol. The van der Waals surface area contributed by atoms with Gasteiger partial charge in [-0.2, -0.15) is 13.2 Å². The number of pyridine rings is 1. The van der Waals surface area contributed by atoms with E-state index in [0.717, 1.165) is 6.07 Å². The molecule has 0 radical (unpaired) electrons. The molecule has 0 aliphatic rings. The molecule has 0 fully saturated rings. The van der Waals surface area contributed by atoms with Gasteiger partial charge >= 0.3 is 12.1 Å². The smallest absolute Gasteiger partial charge is 0.433 e. The Hall–Kier alpha value is -1.79. The Kier molecular flexibility index (Phi) is 5.14. The molecule has 1 aromatic heterocycles. The summed E-state index contributed by atoms with van der Waals surface area (Å²) in [6, 6.07) is 3.65. The van der Waals surface area contributed by atoms with Gasteiger partial charge in [-0.3, -0.25) is 4.79 Å². The number of rotatable bonds is 5. The maximum atomic E-state index is 12.5. The first-order valence-corrected chi connectivity index (χ1v) is 5.75. The Labute approximate surface area is 109 Å². The number of carbonyl (C=O) groups is 1. The van der Waals surface area contributed by atoms with Gasteiger partial charge in [0.2, 0.25) is 0 Å². The van der Waals surface area contributed by atoms with Crippen LogP contribution >= 0.6 is 0 Å². The van der Waals surface area contributed by atoms with Crippen molar-refractivity contribution < 1.29 is 22.7 Å². The molecule has 0 saturated heterocycles. The maximum absolute atomic E-state index is 12.5. The van der Waals surface area contributed by atoms with Gasteiger partial charge in [0.25, 0.3) is 0 Å². The number of nitrogens with zero attached hydrogens (tertiary/aromatic N) is 2. The molecule has 0 saturated carbocycles. The lowest BCUT2D eigenvalue weighted by Crippen LogP contribution is -2.23. The van der Waals surface area contributed by atoms with Crippen molar-refractivity contribution in [3.8, 4) is 0 Å². The first kappa shape index (κ1) is 15.3. The average Bonchev–Trinajstić information content (AvgIpc) is 2.35. The number of halogens is 3. The van der Waals surface area contributed by atoms with E-state index in [-0.39, 0.29) is 31.4 Å². The molecule has 0 aliphatic heterocycles. The van der Waals surface area contributed by atoms with Crippen molar-refractivity contribution in [2.45, 2.75) is 19.5 Å². The molecular weight excluding hydrogens is 261 g/mol. The second kappa shape index (κ2) is 6.40. The van der Waals surface area contributed by atoms with Gasteiger partial charge in [-0.05, 0) is 19.1 Å². The van der Waals surface area contributed by atoms with E-state index in [9.17, 15) is 18.0 Å². The Morgan fingerprint density at radius 1 is 1.42 bits per heavy atom. The SMILES string of the molecule is CCOC(=O)CCN(C)c1cccc(C(F)(F)F)n1. The summed E-state index contributed by atoms with van der Waals surface area (Å²) in [6.45, 7) is 2.22. The van der Waals surface area contributed by atoms with Crippen LogP contribution < -0.4 is 4.90 Å². The number of hydrogen-bond donors (Lipinski definition) is 0. The third kappa shape index (κ3) is 4.76. The molecular formula is C12H15F3N2O2. The number of ether oxygens (including phenoxy) is 1. The standard InChI is InChI=1S/C12H15F3N2O2/c1-3-19-11(18)7-8-17(2)10-6-4-5-9(16-10)12(13,14)15/h4-6H,3,7-8H2,1-2H3. The molecule has 0 unspecified atom stereocenters. The summed E-state index contributed by atoms with van der Waals surface area (Å²) in [7, 11) is 1.57. The van der Waals surface area contributed by atoms with Crippen molar-refractivity contribution >= 4 is 11.8 Å². The normalized spacial score (nSPS) is 11.2. The fourth-order valence-corrected chi connectivity index (χ4v) is 1.40. The monoisotopic (exact) mass is 276 g/mol. The summed E-state index contributed by atoms with van der Waals surface area (Å²) in [6.07, 6.45) is -4.37. The Balaban J connectivity index is 2.67. The van der Waals surface area contributed by atoms with Crippen LogP contribution in [0.1, 0.15) is 19.0 Å². The van der Waals surface area contributed by atoms with Crippen LogP contribution in [-0.4, -0.2) is 31.2 Å². The van der Waals surface area contributed by atoms with E-state index in [0.29, 0.717) is 0 Å². The summed E-state index contributed by atoms with van der Waals surface area (Å²) in [5, 5.41) is 0. The third-order valence-electron chi connectivity index (χ3n) is 2.37. The maximum Gasteiger partial charge on any atom is 0.433 e. The van der Waals surface area contributed by atoms with Crippen molar-refractivity contribution in [2.24, 2.45) is 0 Å².